The Hall–Kier alpha value is -1.62. The molecule has 1 N–H and O–H groups in total. The van der Waals surface area contributed by atoms with Crippen LogP contribution in [0.15, 0.2) is 24.3 Å². The highest BCUT2D eigenvalue weighted by Gasteiger charge is 2.16. The van der Waals surface area contributed by atoms with E-state index in [-0.39, 0.29) is 25.2 Å². The molecule has 0 amide bonds. The first-order valence-corrected chi connectivity index (χ1v) is 16.4. The second-order valence-electron chi connectivity index (χ2n) is 10.9. The number of hydrogen-bond acceptors (Lipinski definition) is 5. The topological polar surface area (TPSA) is 72.8 Å². The van der Waals surface area contributed by atoms with Crippen molar-refractivity contribution in [3.05, 3.63) is 24.3 Å². The van der Waals surface area contributed by atoms with E-state index < -0.39 is 6.10 Å². The Balaban J connectivity index is 3.61. The molecule has 0 fully saturated rings. The van der Waals surface area contributed by atoms with E-state index in [4.69, 9.17) is 9.47 Å². The van der Waals surface area contributed by atoms with Gasteiger partial charge in [0.1, 0.15) is 6.61 Å². The Morgan fingerprint density at radius 2 is 0.974 bits per heavy atom. The predicted octanol–water partition coefficient (Wildman–Crippen LogP) is 9.56. The number of ether oxygens (including phenoxy) is 2. The highest BCUT2D eigenvalue weighted by Crippen LogP contribution is 2.11. The lowest BCUT2D eigenvalue weighted by Gasteiger charge is -2.15. The summed E-state index contributed by atoms with van der Waals surface area (Å²) < 4.78 is 10.5. The molecule has 0 saturated heterocycles. The molecule has 0 radical (unpaired) electrons. The van der Waals surface area contributed by atoms with Crippen molar-refractivity contribution < 1.29 is 24.2 Å². The number of allylic oxidation sites excluding steroid dienone is 4. The molecule has 5 nitrogen and oxygen atoms in total. The number of aliphatic hydroxyl groups is 1. The maximum Gasteiger partial charge on any atom is 0.306 e. The summed E-state index contributed by atoms with van der Waals surface area (Å²) in [6, 6.07) is 0. The Bertz CT molecular complexity index is 598. The smallest absolute Gasteiger partial charge is 0.306 e. The van der Waals surface area contributed by atoms with Crippen molar-refractivity contribution in [2.24, 2.45) is 0 Å². The van der Waals surface area contributed by atoms with Gasteiger partial charge in [0, 0.05) is 12.8 Å². The molecule has 0 rings (SSSR count). The summed E-state index contributed by atoms with van der Waals surface area (Å²) >= 11 is 0. The number of hydrogen-bond donors (Lipinski definition) is 1. The van der Waals surface area contributed by atoms with E-state index in [0.717, 1.165) is 51.4 Å². The van der Waals surface area contributed by atoms with Crippen molar-refractivity contribution in [1.29, 1.82) is 0 Å². The van der Waals surface area contributed by atoms with Crippen LogP contribution in [0.4, 0.5) is 0 Å². The lowest BCUT2D eigenvalue weighted by atomic mass is 10.1. The quantitative estimate of drug-likeness (QED) is 0.0570. The Labute approximate surface area is 241 Å². The van der Waals surface area contributed by atoms with Crippen LogP contribution in [0.5, 0.6) is 0 Å². The molecule has 0 saturated carbocycles. The molecule has 0 unspecified atom stereocenters. The van der Waals surface area contributed by atoms with Gasteiger partial charge in [-0.05, 0) is 57.8 Å². The minimum Gasteiger partial charge on any atom is -0.462 e. The SMILES string of the molecule is CCCC/C=C/CCCCCCCC(=O)O[C@@H](CO)COC(=O)CCCCCCC/C=C/CCCCCCC. The predicted molar refractivity (Wildman–Crippen MR) is 164 cm³/mol. The molecule has 0 spiro atoms. The normalized spacial score (nSPS) is 12.4. The van der Waals surface area contributed by atoms with Gasteiger partial charge in [0.2, 0.25) is 0 Å². The van der Waals surface area contributed by atoms with Crippen LogP contribution in [0.25, 0.3) is 0 Å². The summed E-state index contributed by atoms with van der Waals surface area (Å²) in [6.45, 7) is 4.05. The van der Waals surface area contributed by atoms with Gasteiger partial charge < -0.3 is 14.6 Å². The maximum atomic E-state index is 12.0. The first-order valence-electron chi connectivity index (χ1n) is 16.4. The molecular weight excluding hydrogens is 488 g/mol. The highest BCUT2D eigenvalue weighted by atomic mass is 16.6. The average Bonchev–Trinajstić information content (AvgIpc) is 2.94. The van der Waals surface area contributed by atoms with Crippen molar-refractivity contribution in [2.75, 3.05) is 13.2 Å². The number of carbonyl (C=O) groups is 2. The Morgan fingerprint density at radius 3 is 1.46 bits per heavy atom. The van der Waals surface area contributed by atoms with Crippen molar-refractivity contribution >= 4 is 11.9 Å². The van der Waals surface area contributed by atoms with E-state index in [1.807, 2.05) is 0 Å². The number of carbonyl (C=O) groups excluding carboxylic acids is 2. The average molecular weight is 551 g/mol. The summed E-state index contributed by atoms with van der Waals surface area (Å²) in [5, 5.41) is 9.48. The van der Waals surface area contributed by atoms with E-state index >= 15 is 0 Å². The van der Waals surface area contributed by atoms with Gasteiger partial charge in [0.05, 0.1) is 6.61 Å². The van der Waals surface area contributed by atoms with Crippen molar-refractivity contribution in [1.82, 2.24) is 0 Å². The molecule has 0 aromatic heterocycles. The van der Waals surface area contributed by atoms with Crippen LogP contribution in [0.3, 0.4) is 0 Å². The second kappa shape index (κ2) is 30.9. The minimum absolute atomic E-state index is 0.0716. The molecule has 0 aromatic rings. The van der Waals surface area contributed by atoms with Crippen LogP contribution in [0.2, 0.25) is 0 Å². The van der Waals surface area contributed by atoms with Crippen LogP contribution < -0.4 is 0 Å². The van der Waals surface area contributed by atoms with Gasteiger partial charge in [-0.15, -0.1) is 0 Å². The standard InChI is InChI=1S/C34H62O5/c1-3-5-7-9-11-13-15-16-17-19-20-22-24-26-28-33(36)38-31-32(30-35)39-34(37)29-27-25-23-21-18-14-12-10-8-6-4-2/h10,12,15-16,32,35H,3-9,11,13-14,17-31H2,1-2H3/b12-10+,16-15+/t32-/m0/s1. The molecule has 0 aliphatic rings. The fourth-order valence-electron chi connectivity index (χ4n) is 4.41. The van der Waals surface area contributed by atoms with Crippen LogP contribution >= 0.6 is 0 Å². The largest absolute Gasteiger partial charge is 0.462 e. The van der Waals surface area contributed by atoms with Crippen LogP contribution in [0, 0.1) is 0 Å². The molecule has 5 heteroatoms. The number of unbranched alkanes of at least 4 members (excludes halogenated alkanes) is 17. The van der Waals surface area contributed by atoms with Gasteiger partial charge in [-0.2, -0.15) is 0 Å². The highest BCUT2D eigenvalue weighted by molar-refractivity contribution is 5.70. The monoisotopic (exact) mass is 550 g/mol. The number of esters is 2. The minimum atomic E-state index is -0.773. The van der Waals surface area contributed by atoms with Crippen LogP contribution in [-0.4, -0.2) is 36.4 Å². The lowest BCUT2D eigenvalue weighted by Crippen LogP contribution is -2.28. The van der Waals surface area contributed by atoms with Crippen LogP contribution in [0.1, 0.15) is 162 Å². The molecule has 0 bridgehead atoms. The van der Waals surface area contributed by atoms with Crippen molar-refractivity contribution in [2.45, 2.75) is 168 Å². The van der Waals surface area contributed by atoms with E-state index in [0.29, 0.717) is 12.8 Å². The summed E-state index contributed by atoms with van der Waals surface area (Å²) in [5.41, 5.74) is 0. The second-order valence-corrected chi connectivity index (χ2v) is 10.9. The van der Waals surface area contributed by atoms with Gasteiger partial charge in [-0.1, -0.05) is 115 Å². The third kappa shape index (κ3) is 29.2. The van der Waals surface area contributed by atoms with Gasteiger partial charge in [0.15, 0.2) is 6.10 Å². The third-order valence-corrected chi connectivity index (χ3v) is 6.97. The first kappa shape index (κ1) is 37.4. The van der Waals surface area contributed by atoms with E-state index in [2.05, 4.69) is 38.2 Å². The summed E-state index contributed by atoms with van der Waals surface area (Å²) in [6.07, 6.45) is 33.7. The summed E-state index contributed by atoms with van der Waals surface area (Å²) in [4.78, 5) is 24.0. The van der Waals surface area contributed by atoms with Gasteiger partial charge in [0.25, 0.3) is 0 Å². The van der Waals surface area contributed by atoms with Crippen molar-refractivity contribution in [3.8, 4) is 0 Å². The Kier molecular flexibility index (Phi) is 29.6. The molecule has 0 heterocycles. The molecule has 39 heavy (non-hydrogen) atoms. The first-order chi connectivity index (χ1) is 19.1. The van der Waals surface area contributed by atoms with Gasteiger partial charge >= 0.3 is 11.9 Å². The lowest BCUT2D eigenvalue weighted by molar-refractivity contribution is -0.161. The van der Waals surface area contributed by atoms with E-state index in [9.17, 15) is 14.7 Å². The molecule has 0 aromatic carbocycles. The molecule has 228 valence electrons. The molecular formula is C34H62O5. The van der Waals surface area contributed by atoms with Gasteiger partial charge in [-0.25, -0.2) is 0 Å². The summed E-state index contributed by atoms with van der Waals surface area (Å²) in [5.74, 6) is -0.614. The maximum absolute atomic E-state index is 12.0. The summed E-state index contributed by atoms with van der Waals surface area (Å²) in [7, 11) is 0. The zero-order valence-electron chi connectivity index (χ0n) is 25.6. The van der Waals surface area contributed by atoms with Gasteiger partial charge in [-0.3, -0.25) is 9.59 Å². The number of aliphatic hydroxyl groups excluding tert-OH is 1. The van der Waals surface area contributed by atoms with E-state index in [1.54, 1.807) is 0 Å². The number of rotatable bonds is 29. The van der Waals surface area contributed by atoms with Crippen molar-refractivity contribution in [3.63, 3.8) is 0 Å². The zero-order valence-corrected chi connectivity index (χ0v) is 25.6. The molecule has 0 aliphatic heterocycles. The molecule has 1 atom stereocenters. The van der Waals surface area contributed by atoms with E-state index in [1.165, 1.54) is 83.5 Å². The third-order valence-electron chi connectivity index (χ3n) is 6.97. The zero-order chi connectivity index (χ0) is 28.7. The Morgan fingerprint density at radius 1 is 0.564 bits per heavy atom. The fourth-order valence-corrected chi connectivity index (χ4v) is 4.41. The molecule has 0 aliphatic carbocycles. The van der Waals surface area contributed by atoms with Crippen LogP contribution in [-0.2, 0) is 19.1 Å². The fraction of sp³-hybridized carbons (Fsp3) is 0.824.